The van der Waals surface area contributed by atoms with Gasteiger partial charge in [0.1, 0.15) is 24.6 Å². The van der Waals surface area contributed by atoms with Crippen molar-refractivity contribution < 1.29 is 37.8 Å². The van der Waals surface area contributed by atoms with E-state index in [9.17, 15) is 24.1 Å². The van der Waals surface area contributed by atoms with Crippen LogP contribution in [0.3, 0.4) is 0 Å². The molecule has 0 saturated carbocycles. The number of nitrogens with one attached hydrogen (secondary N) is 2. The van der Waals surface area contributed by atoms with Crippen LogP contribution >= 0.6 is 7.60 Å². The van der Waals surface area contributed by atoms with Crippen LogP contribution in [0.25, 0.3) is 0 Å². The van der Waals surface area contributed by atoms with Crippen molar-refractivity contribution in [1.29, 1.82) is 0 Å². The Balaban J connectivity index is 1.93. The Morgan fingerprint density at radius 1 is 0.905 bits per heavy atom. The van der Waals surface area contributed by atoms with E-state index in [1.165, 1.54) is 0 Å². The van der Waals surface area contributed by atoms with Crippen LogP contribution in [0.4, 0.5) is 4.79 Å². The molecule has 0 aliphatic heterocycles. The average molecular weight is 605 g/mol. The lowest BCUT2D eigenvalue weighted by molar-refractivity contribution is -0.124. The van der Waals surface area contributed by atoms with Gasteiger partial charge < -0.3 is 29.5 Å². The van der Waals surface area contributed by atoms with Crippen molar-refractivity contribution in [3.05, 3.63) is 71.3 Å². The Morgan fingerprint density at radius 2 is 1.60 bits per heavy atom. The number of benzene rings is 2. The van der Waals surface area contributed by atoms with Gasteiger partial charge in [-0.3, -0.25) is 14.2 Å². The number of aryl methyl sites for hydroxylation is 1. The molecule has 2 atom stereocenters. The Bertz CT molecular complexity index is 1150. The third-order valence-electron chi connectivity index (χ3n) is 6.42. The van der Waals surface area contributed by atoms with Gasteiger partial charge in [-0.2, -0.15) is 0 Å². The predicted molar refractivity (Wildman–Crippen MR) is 161 cm³/mol. The number of aliphatic hydroxyl groups excluding tert-OH is 1. The summed E-state index contributed by atoms with van der Waals surface area (Å²) in [5.74, 6) is -0.636. The quantitative estimate of drug-likeness (QED) is 0.140. The molecule has 2 amide bonds. The summed E-state index contributed by atoms with van der Waals surface area (Å²) >= 11 is 0. The number of ether oxygens (including phenoxy) is 1. The van der Waals surface area contributed by atoms with Gasteiger partial charge in [-0.1, -0.05) is 73.0 Å². The summed E-state index contributed by atoms with van der Waals surface area (Å²) in [4.78, 5) is 38.2. The Hall–Kier alpha value is -3.04. The molecular formula is C31H45N2O8P. The Morgan fingerprint density at radius 3 is 2.24 bits per heavy atom. The lowest BCUT2D eigenvalue weighted by Gasteiger charge is -2.22. The molecule has 0 aliphatic rings. The summed E-state index contributed by atoms with van der Waals surface area (Å²) in [5, 5.41) is 15.4. The van der Waals surface area contributed by atoms with E-state index in [0.717, 1.165) is 16.7 Å². The SMILES string of the molecule is CCOP(=O)(CC(=O)CCCCCC(NC(=O)OCc1ccccc1)C(=O)N[C@H](CO)Cc1cccc(C)c1)OCC. The highest BCUT2D eigenvalue weighted by Crippen LogP contribution is 2.48. The second kappa shape index (κ2) is 19.2. The van der Waals surface area contributed by atoms with Crippen molar-refractivity contribution in [2.45, 2.75) is 78.0 Å². The number of alkyl carbamates (subject to hydrolysis) is 1. The molecule has 232 valence electrons. The number of carbonyl (C=O) groups is 3. The minimum Gasteiger partial charge on any atom is -0.445 e. The van der Waals surface area contributed by atoms with Gasteiger partial charge in [0.15, 0.2) is 0 Å². The lowest BCUT2D eigenvalue weighted by Crippen LogP contribution is -2.51. The number of rotatable bonds is 20. The van der Waals surface area contributed by atoms with Gasteiger partial charge in [-0.05, 0) is 51.2 Å². The molecule has 2 rings (SSSR count). The van der Waals surface area contributed by atoms with E-state index >= 15 is 0 Å². The zero-order valence-corrected chi connectivity index (χ0v) is 25.8. The lowest BCUT2D eigenvalue weighted by atomic mass is 10.0. The van der Waals surface area contributed by atoms with Crippen LogP contribution < -0.4 is 10.6 Å². The minimum absolute atomic E-state index is 0.0586. The van der Waals surface area contributed by atoms with E-state index in [1.807, 2.05) is 61.5 Å². The van der Waals surface area contributed by atoms with Gasteiger partial charge in [0.2, 0.25) is 5.91 Å². The first-order chi connectivity index (χ1) is 20.2. The van der Waals surface area contributed by atoms with Crippen LogP contribution in [0.15, 0.2) is 54.6 Å². The van der Waals surface area contributed by atoms with E-state index in [1.54, 1.807) is 13.8 Å². The third kappa shape index (κ3) is 13.7. The van der Waals surface area contributed by atoms with Crippen LogP contribution in [0.2, 0.25) is 0 Å². The van der Waals surface area contributed by atoms with E-state index in [2.05, 4.69) is 10.6 Å². The van der Waals surface area contributed by atoms with Crippen LogP contribution in [0, 0.1) is 6.92 Å². The summed E-state index contributed by atoms with van der Waals surface area (Å²) in [6.45, 7) is 5.54. The van der Waals surface area contributed by atoms with E-state index < -0.39 is 31.7 Å². The van der Waals surface area contributed by atoms with Crippen molar-refractivity contribution in [3.8, 4) is 0 Å². The number of ketones is 1. The summed E-state index contributed by atoms with van der Waals surface area (Å²) in [6, 6.07) is 15.6. The van der Waals surface area contributed by atoms with Crippen molar-refractivity contribution in [3.63, 3.8) is 0 Å². The maximum Gasteiger partial charge on any atom is 0.408 e. The molecule has 2 aromatic carbocycles. The van der Waals surface area contributed by atoms with Gasteiger partial charge in [0.25, 0.3) is 0 Å². The monoisotopic (exact) mass is 604 g/mol. The van der Waals surface area contributed by atoms with Crippen molar-refractivity contribution >= 4 is 25.4 Å². The standard InChI is InChI=1S/C31H45N2O8P/c1-4-40-42(38,41-5-2)23-28(35)17-10-7-11-18-29(33-31(37)39-22-25-14-8-6-9-15-25)30(36)32-27(21-34)20-26-16-12-13-24(3)19-26/h6,8-9,12-16,19,27,29,34H,4-5,7,10-11,17-18,20-23H2,1-3H3,(H,32,36)(H,33,37)/t27-,29?/m0/s1. The second-order valence-electron chi connectivity index (χ2n) is 10.1. The smallest absolute Gasteiger partial charge is 0.408 e. The molecule has 0 aliphatic carbocycles. The number of amides is 2. The molecule has 42 heavy (non-hydrogen) atoms. The first-order valence-electron chi connectivity index (χ1n) is 14.5. The maximum atomic E-state index is 13.2. The number of hydrogen-bond donors (Lipinski definition) is 3. The van der Waals surface area contributed by atoms with Crippen LogP contribution in [0.5, 0.6) is 0 Å². The highest BCUT2D eigenvalue weighted by molar-refractivity contribution is 7.54. The van der Waals surface area contributed by atoms with Crippen LogP contribution in [-0.4, -0.2) is 61.0 Å². The van der Waals surface area contributed by atoms with Gasteiger partial charge in [0, 0.05) is 6.42 Å². The second-order valence-corrected chi connectivity index (χ2v) is 12.1. The zero-order valence-electron chi connectivity index (χ0n) is 24.9. The largest absolute Gasteiger partial charge is 0.445 e. The molecule has 0 saturated heterocycles. The molecule has 0 heterocycles. The Labute approximate surface area is 249 Å². The molecule has 0 radical (unpaired) electrons. The highest BCUT2D eigenvalue weighted by atomic mass is 31.2. The fraction of sp³-hybridized carbons (Fsp3) is 0.516. The Kier molecular flexibility index (Phi) is 16.1. The van der Waals surface area contributed by atoms with E-state index in [0.29, 0.717) is 32.1 Å². The summed E-state index contributed by atoms with van der Waals surface area (Å²) in [7, 11) is -3.43. The molecule has 10 nitrogen and oxygen atoms in total. The molecule has 0 spiro atoms. The molecule has 11 heteroatoms. The van der Waals surface area contributed by atoms with Crippen molar-refractivity contribution in [2.75, 3.05) is 26.0 Å². The minimum atomic E-state index is -3.43. The molecule has 0 aromatic heterocycles. The zero-order chi connectivity index (χ0) is 30.8. The van der Waals surface area contributed by atoms with Crippen molar-refractivity contribution in [2.24, 2.45) is 0 Å². The van der Waals surface area contributed by atoms with Gasteiger partial charge in [0.05, 0.1) is 25.9 Å². The maximum absolute atomic E-state index is 13.2. The fourth-order valence-electron chi connectivity index (χ4n) is 4.43. The highest BCUT2D eigenvalue weighted by Gasteiger charge is 2.27. The van der Waals surface area contributed by atoms with E-state index in [-0.39, 0.29) is 44.8 Å². The average Bonchev–Trinajstić information content (AvgIpc) is 2.95. The first-order valence-corrected chi connectivity index (χ1v) is 16.2. The molecule has 0 fully saturated rings. The first kappa shape index (κ1) is 35.2. The number of Topliss-reactive ketones (excluding diaryl/α,β-unsaturated/α-hetero) is 1. The summed E-state index contributed by atoms with van der Waals surface area (Å²) in [6.07, 6.45) is 1.63. The van der Waals surface area contributed by atoms with Gasteiger partial charge >= 0.3 is 13.7 Å². The van der Waals surface area contributed by atoms with E-state index in [4.69, 9.17) is 13.8 Å². The van der Waals surface area contributed by atoms with Crippen LogP contribution in [0.1, 0.15) is 62.6 Å². The third-order valence-corrected chi connectivity index (χ3v) is 8.47. The molecule has 0 bridgehead atoms. The molecular weight excluding hydrogens is 559 g/mol. The van der Waals surface area contributed by atoms with Crippen LogP contribution in [-0.2, 0) is 41.0 Å². The number of aliphatic hydroxyl groups is 1. The van der Waals surface area contributed by atoms with Gasteiger partial charge in [-0.15, -0.1) is 0 Å². The molecule has 2 aromatic rings. The fourth-order valence-corrected chi connectivity index (χ4v) is 6.06. The van der Waals surface area contributed by atoms with Gasteiger partial charge in [-0.25, -0.2) is 4.79 Å². The predicted octanol–water partition coefficient (Wildman–Crippen LogP) is 5.10. The molecule has 3 N–H and O–H groups in total. The number of unbranched alkanes of at least 4 members (excludes halogenated alkanes) is 2. The number of hydrogen-bond acceptors (Lipinski definition) is 8. The normalized spacial score (nSPS) is 12.8. The summed E-state index contributed by atoms with van der Waals surface area (Å²) in [5.41, 5.74) is 2.87. The number of carbonyl (C=O) groups excluding carboxylic acids is 3. The summed E-state index contributed by atoms with van der Waals surface area (Å²) < 4.78 is 28.3. The topological polar surface area (TPSA) is 140 Å². The molecule has 1 unspecified atom stereocenters. The van der Waals surface area contributed by atoms with Crippen molar-refractivity contribution in [1.82, 2.24) is 10.6 Å².